The molecule has 0 saturated heterocycles. The summed E-state index contributed by atoms with van der Waals surface area (Å²) in [6, 6.07) is 18.8. The number of carbonyl (C=O) groups excluding carboxylic acids is 5. The minimum atomic E-state index is -1.55. The molecule has 2 heterocycles. The molecule has 4 amide bonds. The van der Waals surface area contributed by atoms with E-state index < -0.39 is 118 Å². The van der Waals surface area contributed by atoms with Crippen LogP contribution in [0.25, 0.3) is 0 Å². The van der Waals surface area contributed by atoms with Crippen LogP contribution in [0.15, 0.2) is 72.8 Å². The number of rotatable bonds is 12. The summed E-state index contributed by atoms with van der Waals surface area (Å²) < 4.78 is 87.5. The molecule has 8 aliphatic rings. The lowest BCUT2D eigenvalue weighted by molar-refractivity contribution is -0.145. The first kappa shape index (κ1) is 60.7. The van der Waals surface area contributed by atoms with E-state index in [1.165, 1.54) is 30.3 Å². The minimum absolute atomic E-state index is 0.00252. The molecule has 12 nitrogen and oxygen atoms in total. The van der Waals surface area contributed by atoms with Crippen LogP contribution in [0.4, 0.5) is 37.7 Å². The number of primary amides is 2. The Labute approximate surface area is 495 Å². The van der Waals surface area contributed by atoms with Crippen molar-refractivity contribution in [1.29, 1.82) is 0 Å². The van der Waals surface area contributed by atoms with Gasteiger partial charge in [-0.15, -0.1) is 0 Å². The van der Waals surface area contributed by atoms with Crippen LogP contribution in [-0.4, -0.2) is 73.2 Å². The van der Waals surface area contributed by atoms with Gasteiger partial charge in [-0.2, -0.15) is 0 Å². The lowest BCUT2D eigenvalue weighted by Gasteiger charge is -2.59. The summed E-state index contributed by atoms with van der Waals surface area (Å²) in [5.74, 6) is -8.72. The maximum absolute atomic E-state index is 15.9. The molecular formula is C61H63Cl4F6N5O7. The number of carboxylic acids is 1. The van der Waals surface area contributed by atoms with Crippen molar-refractivity contribution in [3.8, 4) is 0 Å². The van der Waals surface area contributed by atoms with Crippen LogP contribution in [0, 0.1) is 62.9 Å². The molecule has 444 valence electrons. The molecule has 9 N–H and O–H groups in total. The van der Waals surface area contributed by atoms with E-state index in [1.807, 2.05) is 0 Å². The number of hydrogen-bond donors (Lipinski definition) is 6. The molecule has 0 aromatic heterocycles. The van der Waals surface area contributed by atoms with Gasteiger partial charge in [0.05, 0.1) is 53.5 Å². The van der Waals surface area contributed by atoms with Crippen molar-refractivity contribution in [1.82, 2.24) is 0 Å². The van der Waals surface area contributed by atoms with Crippen LogP contribution in [0.3, 0.4) is 0 Å². The number of hydrogen-bond acceptors (Lipinski definition) is 7. The van der Waals surface area contributed by atoms with Gasteiger partial charge in [0.25, 0.3) is 0 Å². The predicted octanol–water partition coefficient (Wildman–Crippen LogP) is 12.2. The van der Waals surface area contributed by atoms with Gasteiger partial charge in [0.15, 0.2) is 0 Å². The summed E-state index contributed by atoms with van der Waals surface area (Å²) in [7, 11) is 0. The SMILES string of the molecule is NC(=O)C1CC(CC(=O)[C@@H]2CC3(CC(CF)(CF)C3)[C@@]3(C(=O)Nc4cc(Cl)ccc43)[C@H]2c2cccc(Cl)c2F)C1.NC(=O)C1CCC(N)CC1.O=C(O)[C@@H]1CC2(CC(CF)(CF)C2)[C@@]2(C(=O)Nc3cc(Cl)ccc32)[C@H]1c1cccc(Cl)c1F. The third kappa shape index (κ3) is 9.61. The summed E-state index contributed by atoms with van der Waals surface area (Å²) in [5, 5.41) is 16.3. The molecule has 0 bridgehead atoms. The second-order valence-corrected chi connectivity index (χ2v) is 26.7. The normalized spacial score (nSPS) is 30.3. The first-order chi connectivity index (χ1) is 39.3. The van der Waals surface area contributed by atoms with E-state index in [9.17, 15) is 51.4 Å². The number of Topliss-reactive ketones (excluding diaryl/α,β-unsaturated/α-hetero) is 1. The molecular weight excluding hydrogens is 1170 g/mol. The third-order valence-electron chi connectivity index (χ3n) is 20.3. The predicted molar refractivity (Wildman–Crippen MR) is 302 cm³/mol. The van der Waals surface area contributed by atoms with Crippen LogP contribution in [0.1, 0.15) is 118 Å². The van der Waals surface area contributed by atoms with Crippen molar-refractivity contribution in [2.75, 3.05) is 37.3 Å². The van der Waals surface area contributed by atoms with Crippen LogP contribution >= 0.6 is 46.4 Å². The van der Waals surface area contributed by atoms with E-state index in [-0.39, 0.29) is 95.6 Å². The lowest BCUT2D eigenvalue weighted by Crippen LogP contribution is -2.61. The van der Waals surface area contributed by atoms with Crippen LogP contribution in [0.5, 0.6) is 0 Å². The third-order valence-corrected chi connectivity index (χ3v) is 21.4. The van der Waals surface area contributed by atoms with E-state index in [4.69, 9.17) is 63.6 Å². The molecule has 83 heavy (non-hydrogen) atoms. The fourth-order valence-corrected chi connectivity index (χ4v) is 17.6. The topological polar surface area (TPSA) is 225 Å². The number of fused-ring (bicyclic) bond motifs is 6. The number of alkyl halides is 4. The van der Waals surface area contributed by atoms with Crippen molar-refractivity contribution >= 4 is 93.2 Å². The van der Waals surface area contributed by atoms with Gasteiger partial charge in [-0.25, -0.2) is 8.78 Å². The van der Waals surface area contributed by atoms with E-state index in [0.29, 0.717) is 51.4 Å². The lowest BCUT2D eigenvalue weighted by atomic mass is 9.43. The largest absolute Gasteiger partial charge is 0.481 e. The highest BCUT2D eigenvalue weighted by Gasteiger charge is 2.79. The number of amides is 4. The van der Waals surface area contributed by atoms with Crippen molar-refractivity contribution in [3.63, 3.8) is 0 Å². The second-order valence-electron chi connectivity index (χ2n) is 25.0. The van der Waals surface area contributed by atoms with Gasteiger partial charge < -0.3 is 32.9 Å². The maximum Gasteiger partial charge on any atom is 0.307 e. The maximum atomic E-state index is 15.9. The highest BCUT2D eigenvalue weighted by Crippen LogP contribution is 2.79. The first-order valence-corrected chi connectivity index (χ1v) is 29.3. The van der Waals surface area contributed by atoms with Crippen LogP contribution in [0.2, 0.25) is 20.1 Å². The summed E-state index contributed by atoms with van der Waals surface area (Å²) in [6.07, 6.45) is 5.00. The molecule has 4 aromatic rings. The molecule has 6 atom stereocenters. The molecule has 4 aromatic carbocycles. The Morgan fingerprint density at radius 1 is 0.590 bits per heavy atom. The number of halogens is 10. The van der Waals surface area contributed by atoms with Gasteiger partial charge in [-0.1, -0.05) is 82.8 Å². The Hall–Kier alpha value is -5.40. The summed E-state index contributed by atoms with van der Waals surface area (Å²) >= 11 is 24.6. The molecule has 6 fully saturated rings. The number of anilines is 2. The summed E-state index contributed by atoms with van der Waals surface area (Å²) in [5.41, 5.74) is 10.5. The Kier molecular flexibility index (Phi) is 16.4. The zero-order chi connectivity index (χ0) is 59.9. The molecule has 4 spiro atoms. The molecule has 0 unspecified atom stereocenters. The Morgan fingerprint density at radius 2 is 1.00 bits per heavy atom. The molecule has 22 heteroatoms. The van der Waals surface area contributed by atoms with E-state index in [2.05, 4.69) is 10.6 Å². The summed E-state index contributed by atoms with van der Waals surface area (Å²) in [6.45, 7) is -3.65. The van der Waals surface area contributed by atoms with E-state index in [0.717, 1.165) is 25.7 Å². The smallest absolute Gasteiger partial charge is 0.307 e. The molecule has 2 aliphatic heterocycles. The fraction of sp³-hybridized carbons (Fsp3) is 0.508. The minimum Gasteiger partial charge on any atom is -0.481 e. The Balaban J connectivity index is 0.000000161. The van der Waals surface area contributed by atoms with Gasteiger partial charge in [-0.05, 0) is 152 Å². The van der Waals surface area contributed by atoms with Gasteiger partial charge >= 0.3 is 5.97 Å². The first-order valence-electron chi connectivity index (χ1n) is 27.8. The van der Waals surface area contributed by atoms with Crippen molar-refractivity contribution < 1.29 is 60.2 Å². The summed E-state index contributed by atoms with van der Waals surface area (Å²) in [4.78, 5) is 76.8. The number of ketones is 1. The molecule has 12 rings (SSSR count). The number of benzene rings is 4. The standard InChI is InChI=1S/C30H29Cl2F3N2O3.C24H20Cl2F3NO3.C7H14N2O/c31-17-4-5-20-22(9-17)37-27(40)30(20)24(18-2-1-3-21(32)25(18)35)19(10-29(30)11-28(12-29,13-33)14-34)23(38)8-15-6-16(7-15)26(36)39;25-12-4-5-15-17(6-12)30-21(33)24(15)18(13-2-1-3-16(26)19(13)29)14(20(31)32)7-23(24)8-22(9-23,10-27)11-28;8-6-3-1-5(2-4-6)7(9)10/h1-5,9,15-16,19,24H,6-8,10-14H2,(H2,36,39)(H,37,40);1-6,14,18H,7-11H2,(H,30,33)(H,31,32);5-6H,1-4,8H2,(H2,9,10)/t15?,16?,19-,24-,30+;14-,18+,24-;/m01./s1. The zero-order valence-electron chi connectivity index (χ0n) is 45.0. The zero-order valence-corrected chi connectivity index (χ0v) is 48.0. The quantitative estimate of drug-likeness (QED) is 0.0747. The number of aliphatic carboxylic acids is 1. The Bertz CT molecular complexity index is 3280. The van der Waals surface area contributed by atoms with Crippen molar-refractivity contribution in [2.45, 2.75) is 112 Å². The van der Waals surface area contributed by atoms with Crippen molar-refractivity contribution in [3.05, 3.63) is 127 Å². The monoisotopic (exact) mass is 1230 g/mol. The second kappa shape index (κ2) is 22.5. The average molecular weight is 1230 g/mol. The van der Waals surface area contributed by atoms with Crippen molar-refractivity contribution in [2.24, 2.45) is 68.5 Å². The van der Waals surface area contributed by atoms with E-state index in [1.54, 1.807) is 42.5 Å². The Morgan fingerprint density at radius 3 is 1.40 bits per heavy atom. The average Bonchev–Trinajstić information content (AvgIpc) is 1.64. The van der Waals surface area contributed by atoms with Gasteiger partial charge in [-0.3, -0.25) is 46.3 Å². The number of nitrogens with two attached hydrogens (primary N) is 3. The van der Waals surface area contributed by atoms with Gasteiger partial charge in [0.1, 0.15) is 17.4 Å². The molecule has 6 aliphatic carbocycles. The van der Waals surface area contributed by atoms with Crippen LogP contribution < -0.4 is 27.8 Å². The number of nitrogens with one attached hydrogen (secondary N) is 2. The number of carbonyl (C=O) groups is 6. The van der Waals surface area contributed by atoms with Gasteiger partial charge in [0.2, 0.25) is 23.6 Å². The highest BCUT2D eigenvalue weighted by molar-refractivity contribution is 6.32. The van der Waals surface area contributed by atoms with Gasteiger partial charge in [0, 0.05) is 74.3 Å². The molecule has 0 radical (unpaired) electrons. The highest BCUT2D eigenvalue weighted by atomic mass is 35.5. The fourth-order valence-electron chi connectivity index (χ4n) is 16.9. The van der Waals surface area contributed by atoms with E-state index >= 15 is 8.78 Å². The number of carboxylic acid groups (broad SMARTS) is 1. The van der Waals surface area contributed by atoms with Crippen LogP contribution in [-0.2, 0) is 39.6 Å². The molecule has 6 saturated carbocycles.